The van der Waals surface area contributed by atoms with Crippen molar-refractivity contribution in [1.82, 2.24) is 9.97 Å². The van der Waals surface area contributed by atoms with Crippen molar-refractivity contribution in [3.05, 3.63) is 11.9 Å². The van der Waals surface area contributed by atoms with Gasteiger partial charge in [0.1, 0.15) is 18.2 Å². The highest BCUT2D eigenvalue weighted by molar-refractivity contribution is 5.43. The highest BCUT2D eigenvalue weighted by Gasteiger charge is 2.62. The van der Waals surface area contributed by atoms with Crippen molar-refractivity contribution in [2.45, 2.75) is 53.1 Å². The van der Waals surface area contributed by atoms with Crippen molar-refractivity contribution in [2.75, 3.05) is 5.73 Å². The van der Waals surface area contributed by atoms with Crippen LogP contribution in [0.2, 0.25) is 0 Å². The minimum absolute atomic E-state index is 0.240. The van der Waals surface area contributed by atoms with E-state index in [0.29, 0.717) is 17.1 Å². The van der Waals surface area contributed by atoms with E-state index in [9.17, 15) is 0 Å². The van der Waals surface area contributed by atoms with Crippen LogP contribution in [-0.2, 0) is 0 Å². The lowest BCUT2D eigenvalue weighted by Gasteiger charge is -2.38. The number of nitrogens with two attached hydrogens (primary N) is 1. The van der Waals surface area contributed by atoms with Gasteiger partial charge in [0.05, 0.1) is 5.56 Å². The number of nitrogen functional groups attached to an aromatic ring is 1. The molecule has 2 aliphatic carbocycles. The van der Waals surface area contributed by atoms with Crippen LogP contribution in [0.5, 0.6) is 5.88 Å². The third kappa shape index (κ3) is 1.58. The van der Waals surface area contributed by atoms with Crippen LogP contribution in [0.15, 0.2) is 6.33 Å². The zero-order chi connectivity index (χ0) is 13.8. The average Bonchev–Trinajstić information content (AvgIpc) is 2.68. The van der Waals surface area contributed by atoms with Crippen LogP contribution in [0.3, 0.4) is 0 Å². The van der Waals surface area contributed by atoms with Crippen molar-refractivity contribution in [2.24, 2.45) is 16.7 Å². The third-order valence-electron chi connectivity index (χ3n) is 6.04. The molecule has 0 saturated heterocycles. The van der Waals surface area contributed by atoms with Gasteiger partial charge < -0.3 is 10.5 Å². The number of aromatic nitrogens is 2. The Morgan fingerprint density at radius 2 is 2.05 bits per heavy atom. The molecule has 2 bridgehead atoms. The molecule has 2 fully saturated rings. The SMILES string of the molecule is Cc1c(N)ncnc1OC1CC2CCC1(C)C2(C)C. The number of hydrogen-bond donors (Lipinski definition) is 1. The second kappa shape index (κ2) is 3.84. The summed E-state index contributed by atoms with van der Waals surface area (Å²) in [7, 11) is 0. The standard InChI is InChI=1S/C15H23N3O/c1-9-12(16)17-8-18-13(9)19-11-7-10-5-6-15(11,4)14(10,2)3/h8,10-11H,5-7H2,1-4H3,(H2,16,17,18). The highest BCUT2D eigenvalue weighted by Crippen LogP contribution is 2.66. The van der Waals surface area contributed by atoms with E-state index in [-0.39, 0.29) is 11.5 Å². The number of fused-ring (bicyclic) bond motifs is 2. The lowest BCUT2D eigenvalue weighted by molar-refractivity contribution is 0.0268. The van der Waals surface area contributed by atoms with E-state index < -0.39 is 0 Å². The van der Waals surface area contributed by atoms with E-state index in [2.05, 4.69) is 30.7 Å². The first kappa shape index (κ1) is 12.7. The summed E-state index contributed by atoms with van der Waals surface area (Å²) in [5, 5.41) is 0. The van der Waals surface area contributed by atoms with Gasteiger partial charge >= 0.3 is 0 Å². The van der Waals surface area contributed by atoms with Crippen molar-refractivity contribution in [3.63, 3.8) is 0 Å². The first-order chi connectivity index (χ1) is 8.86. The van der Waals surface area contributed by atoms with Crippen LogP contribution in [0.4, 0.5) is 5.82 Å². The molecule has 0 radical (unpaired) electrons. The summed E-state index contributed by atoms with van der Waals surface area (Å²) in [6.07, 6.45) is 5.43. The molecule has 19 heavy (non-hydrogen) atoms. The van der Waals surface area contributed by atoms with E-state index in [4.69, 9.17) is 10.5 Å². The van der Waals surface area contributed by atoms with Crippen LogP contribution < -0.4 is 10.5 Å². The lowest BCUT2D eigenvalue weighted by Crippen LogP contribution is -2.39. The van der Waals surface area contributed by atoms with Gasteiger partial charge in [0.2, 0.25) is 5.88 Å². The summed E-state index contributed by atoms with van der Waals surface area (Å²) in [5.41, 5.74) is 7.27. The van der Waals surface area contributed by atoms with Gasteiger partial charge in [-0.1, -0.05) is 20.8 Å². The van der Waals surface area contributed by atoms with Gasteiger partial charge in [0, 0.05) is 5.41 Å². The Balaban J connectivity index is 1.88. The fraction of sp³-hybridized carbons (Fsp3) is 0.733. The van der Waals surface area contributed by atoms with Crippen molar-refractivity contribution >= 4 is 5.82 Å². The topological polar surface area (TPSA) is 61.0 Å². The molecule has 2 saturated carbocycles. The van der Waals surface area contributed by atoms with Crippen molar-refractivity contribution in [3.8, 4) is 5.88 Å². The number of ether oxygens (including phenoxy) is 1. The normalized spacial score (nSPS) is 35.6. The smallest absolute Gasteiger partial charge is 0.221 e. The predicted octanol–water partition coefficient (Wildman–Crippen LogP) is 2.96. The van der Waals surface area contributed by atoms with E-state index in [1.165, 1.54) is 19.2 Å². The Bertz CT molecular complexity index is 514. The Morgan fingerprint density at radius 1 is 1.32 bits per heavy atom. The predicted molar refractivity (Wildman–Crippen MR) is 74.8 cm³/mol. The van der Waals surface area contributed by atoms with Gasteiger partial charge in [-0.3, -0.25) is 0 Å². The van der Waals surface area contributed by atoms with Gasteiger partial charge in [-0.2, -0.15) is 0 Å². The zero-order valence-electron chi connectivity index (χ0n) is 12.2. The number of nitrogens with zero attached hydrogens (tertiary/aromatic N) is 2. The minimum Gasteiger partial charge on any atom is -0.473 e. The van der Waals surface area contributed by atoms with Crippen LogP contribution in [-0.4, -0.2) is 16.1 Å². The Kier molecular flexibility index (Phi) is 2.57. The van der Waals surface area contributed by atoms with E-state index >= 15 is 0 Å². The molecule has 1 heterocycles. The van der Waals surface area contributed by atoms with Crippen LogP contribution >= 0.6 is 0 Å². The second-order valence-corrected chi connectivity index (χ2v) is 6.91. The molecule has 1 aromatic rings. The maximum Gasteiger partial charge on any atom is 0.221 e. The highest BCUT2D eigenvalue weighted by atomic mass is 16.5. The fourth-order valence-electron chi connectivity index (χ4n) is 4.01. The van der Waals surface area contributed by atoms with Gasteiger partial charge in [0.15, 0.2) is 0 Å². The molecule has 4 nitrogen and oxygen atoms in total. The molecule has 1 aromatic heterocycles. The van der Waals surface area contributed by atoms with Crippen LogP contribution in [0.1, 0.15) is 45.6 Å². The molecule has 0 spiro atoms. The fourth-order valence-corrected chi connectivity index (χ4v) is 4.01. The van der Waals surface area contributed by atoms with E-state index in [1.807, 2.05) is 6.92 Å². The van der Waals surface area contributed by atoms with Crippen molar-refractivity contribution < 1.29 is 4.74 Å². The maximum atomic E-state index is 6.23. The van der Waals surface area contributed by atoms with Gasteiger partial charge in [0.25, 0.3) is 0 Å². The molecular formula is C15H23N3O. The number of hydrogen-bond acceptors (Lipinski definition) is 4. The number of anilines is 1. The first-order valence-electron chi connectivity index (χ1n) is 7.10. The summed E-state index contributed by atoms with van der Waals surface area (Å²) in [6, 6.07) is 0. The van der Waals surface area contributed by atoms with Crippen LogP contribution in [0, 0.1) is 23.7 Å². The quantitative estimate of drug-likeness (QED) is 0.889. The molecule has 0 amide bonds. The summed E-state index contributed by atoms with van der Waals surface area (Å²) >= 11 is 0. The molecule has 4 heteroatoms. The molecule has 104 valence electrons. The average molecular weight is 261 g/mol. The van der Waals surface area contributed by atoms with Crippen molar-refractivity contribution in [1.29, 1.82) is 0 Å². The maximum absolute atomic E-state index is 6.23. The molecule has 0 aromatic carbocycles. The summed E-state index contributed by atoms with van der Waals surface area (Å²) in [4.78, 5) is 8.25. The molecule has 3 unspecified atom stereocenters. The van der Waals surface area contributed by atoms with E-state index in [1.54, 1.807) is 0 Å². The van der Waals surface area contributed by atoms with Crippen LogP contribution in [0.25, 0.3) is 0 Å². The van der Waals surface area contributed by atoms with E-state index in [0.717, 1.165) is 17.9 Å². The van der Waals surface area contributed by atoms with Gasteiger partial charge in [-0.25, -0.2) is 9.97 Å². The molecule has 2 N–H and O–H groups in total. The second-order valence-electron chi connectivity index (χ2n) is 6.91. The molecule has 3 atom stereocenters. The molecule has 3 rings (SSSR count). The Morgan fingerprint density at radius 3 is 2.63 bits per heavy atom. The summed E-state index contributed by atoms with van der Waals surface area (Å²) in [5.74, 6) is 1.93. The number of rotatable bonds is 2. The third-order valence-corrected chi connectivity index (χ3v) is 6.04. The first-order valence-corrected chi connectivity index (χ1v) is 7.10. The van der Waals surface area contributed by atoms with Gasteiger partial charge in [-0.15, -0.1) is 0 Å². The zero-order valence-corrected chi connectivity index (χ0v) is 12.2. The lowest BCUT2D eigenvalue weighted by atomic mass is 9.70. The Labute approximate surface area is 114 Å². The Hall–Kier alpha value is -1.32. The summed E-state index contributed by atoms with van der Waals surface area (Å²) in [6.45, 7) is 9.06. The molecule has 0 aliphatic heterocycles. The summed E-state index contributed by atoms with van der Waals surface area (Å²) < 4.78 is 6.23. The largest absolute Gasteiger partial charge is 0.473 e. The molecule has 2 aliphatic rings. The molecular weight excluding hydrogens is 238 g/mol. The minimum atomic E-state index is 0.240. The monoisotopic (exact) mass is 261 g/mol. The van der Waals surface area contributed by atoms with Gasteiger partial charge in [-0.05, 0) is 37.5 Å².